The molecular formula is C21H22N4O3. The van der Waals surface area contributed by atoms with Crippen molar-refractivity contribution in [3.8, 4) is 11.7 Å². The van der Waals surface area contributed by atoms with Crippen LogP contribution >= 0.6 is 0 Å². The third kappa shape index (κ3) is 4.14. The van der Waals surface area contributed by atoms with Gasteiger partial charge in [0.2, 0.25) is 0 Å². The van der Waals surface area contributed by atoms with Crippen molar-refractivity contribution in [3.05, 3.63) is 64.2 Å². The predicted molar refractivity (Wildman–Crippen MR) is 104 cm³/mol. The first-order valence-corrected chi connectivity index (χ1v) is 8.94. The number of hydrogen-bond acceptors (Lipinski definition) is 6. The molecule has 1 aromatic carbocycles. The van der Waals surface area contributed by atoms with E-state index in [0.717, 1.165) is 28.3 Å². The van der Waals surface area contributed by atoms with Crippen LogP contribution in [0.2, 0.25) is 0 Å². The number of rotatable bonds is 5. The average Bonchev–Trinajstić information content (AvgIpc) is 2.89. The summed E-state index contributed by atoms with van der Waals surface area (Å²) >= 11 is 0. The molecule has 28 heavy (non-hydrogen) atoms. The van der Waals surface area contributed by atoms with Crippen LogP contribution < -0.4 is 4.74 Å². The molecule has 0 atom stereocenters. The second kappa shape index (κ2) is 7.72. The Bertz CT molecular complexity index is 1030. The number of aromatic nitrogens is 4. The Morgan fingerprint density at radius 3 is 2.18 bits per heavy atom. The van der Waals surface area contributed by atoms with Crippen LogP contribution in [0.5, 0.6) is 5.75 Å². The molecule has 0 aliphatic rings. The van der Waals surface area contributed by atoms with E-state index in [2.05, 4.69) is 15.1 Å². The minimum Gasteiger partial charge on any atom is -0.426 e. The Morgan fingerprint density at radius 1 is 1.00 bits per heavy atom. The van der Waals surface area contributed by atoms with Crippen molar-refractivity contribution >= 4 is 11.8 Å². The van der Waals surface area contributed by atoms with Gasteiger partial charge in [-0.15, -0.1) is 0 Å². The van der Waals surface area contributed by atoms with Gasteiger partial charge in [0.05, 0.1) is 12.1 Å². The second-order valence-corrected chi connectivity index (χ2v) is 6.74. The maximum atomic E-state index is 12.4. The zero-order chi connectivity index (χ0) is 20.4. The Kier molecular flexibility index (Phi) is 5.35. The molecule has 0 radical (unpaired) electrons. The van der Waals surface area contributed by atoms with E-state index < -0.39 is 5.97 Å². The third-order valence-corrected chi connectivity index (χ3v) is 4.41. The van der Waals surface area contributed by atoms with Crippen LogP contribution in [0.1, 0.15) is 45.6 Å². The number of ketones is 1. The maximum absolute atomic E-state index is 12.4. The third-order valence-electron chi connectivity index (χ3n) is 4.41. The van der Waals surface area contributed by atoms with Gasteiger partial charge in [0.25, 0.3) is 5.95 Å². The molecule has 0 N–H and O–H groups in total. The summed E-state index contributed by atoms with van der Waals surface area (Å²) in [6, 6.07) is 8.39. The average molecular weight is 378 g/mol. The molecular weight excluding hydrogens is 356 g/mol. The van der Waals surface area contributed by atoms with E-state index in [0.29, 0.717) is 17.3 Å². The first-order chi connectivity index (χ1) is 13.2. The lowest BCUT2D eigenvalue weighted by molar-refractivity contribution is -0.133. The maximum Gasteiger partial charge on any atom is 0.315 e. The number of esters is 1. The molecule has 0 aliphatic carbocycles. The molecule has 7 heteroatoms. The van der Waals surface area contributed by atoms with Gasteiger partial charge >= 0.3 is 5.97 Å². The Balaban J connectivity index is 1.79. The van der Waals surface area contributed by atoms with Gasteiger partial charge in [-0.1, -0.05) is 0 Å². The summed E-state index contributed by atoms with van der Waals surface area (Å²) in [5, 5.41) is 4.50. The summed E-state index contributed by atoms with van der Waals surface area (Å²) in [5.74, 6) is 0.445. The molecule has 2 aromatic heterocycles. The lowest BCUT2D eigenvalue weighted by Gasteiger charge is -2.07. The highest BCUT2D eigenvalue weighted by Gasteiger charge is 2.18. The highest BCUT2D eigenvalue weighted by atomic mass is 16.5. The zero-order valence-electron chi connectivity index (χ0n) is 16.6. The Labute approximate surface area is 163 Å². The number of hydrogen-bond donors (Lipinski definition) is 0. The van der Waals surface area contributed by atoms with Crippen LogP contribution in [0.15, 0.2) is 30.3 Å². The quantitative estimate of drug-likeness (QED) is 0.385. The number of benzene rings is 1. The van der Waals surface area contributed by atoms with Gasteiger partial charge in [0.1, 0.15) is 5.75 Å². The fraction of sp³-hybridized carbons (Fsp3) is 0.286. The smallest absolute Gasteiger partial charge is 0.315 e. The van der Waals surface area contributed by atoms with Crippen LogP contribution in [0.25, 0.3) is 5.95 Å². The van der Waals surface area contributed by atoms with E-state index in [1.807, 2.05) is 33.8 Å². The number of aryl methyl sites for hydroxylation is 3. The Morgan fingerprint density at radius 2 is 1.61 bits per heavy atom. The number of carbonyl (C=O) groups excluding carboxylic acids is 2. The molecule has 3 rings (SSSR count). The molecule has 3 aromatic rings. The monoisotopic (exact) mass is 378 g/mol. The van der Waals surface area contributed by atoms with E-state index in [-0.39, 0.29) is 12.2 Å². The number of ether oxygens (including phenoxy) is 1. The summed E-state index contributed by atoms with van der Waals surface area (Å²) in [6.07, 6.45) is 0.0803. The van der Waals surface area contributed by atoms with Gasteiger partial charge < -0.3 is 4.74 Å². The van der Waals surface area contributed by atoms with Crippen LogP contribution in [0, 0.1) is 27.7 Å². The van der Waals surface area contributed by atoms with E-state index in [1.165, 1.54) is 6.92 Å². The molecule has 0 saturated carbocycles. The first-order valence-electron chi connectivity index (χ1n) is 8.94. The van der Waals surface area contributed by atoms with E-state index in [1.54, 1.807) is 28.9 Å². The lowest BCUT2D eigenvalue weighted by Crippen LogP contribution is -2.13. The SMILES string of the molecule is CC(=O)c1ccc(OC(=O)Cc2c(C)nn(-c3nc(C)cc(C)n3)c2C)cc1. The largest absolute Gasteiger partial charge is 0.426 e. The standard InChI is InChI=1S/C21H22N4O3/c1-12-10-13(2)23-21(22-12)25-15(4)19(14(3)24-25)11-20(27)28-18-8-6-17(7-9-18)16(5)26/h6-10H,11H2,1-5H3. The number of carbonyl (C=O) groups is 2. The minimum absolute atomic E-state index is 0.0369. The van der Waals surface area contributed by atoms with Crippen molar-refractivity contribution in [1.82, 2.24) is 19.7 Å². The van der Waals surface area contributed by atoms with E-state index in [9.17, 15) is 9.59 Å². The van der Waals surface area contributed by atoms with Gasteiger partial charge in [-0.2, -0.15) is 5.10 Å². The topological polar surface area (TPSA) is 87.0 Å². The summed E-state index contributed by atoms with van der Waals surface area (Å²) in [6.45, 7) is 9.02. The van der Waals surface area contributed by atoms with Gasteiger partial charge in [-0.25, -0.2) is 14.6 Å². The van der Waals surface area contributed by atoms with Crippen molar-refractivity contribution < 1.29 is 14.3 Å². The summed E-state index contributed by atoms with van der Waals surface area (Å²) in [5.41, 5.74) is 4.58. The highest BCUT2D eigenvalue weighted by Crippen LogP contribution is 2.19. The Hall–Kier alpha value is -3.35. The van der Waals surface area contributed by atoms with E-state index in [4.69, 9.17) is 4.74 Å². The molecule has 144 valence electrons. The highest BCUT2D eigenvalue weighted by molar-refractivity contribution is 5.94. The number of nitrogens with zero attached hydrogens (tertiary/aromatic N) is 4. The van der Waals surface area contributed by atoms with Crippen LogP contribution in [-0.4, -0.2) is 31.5 Å². The van der Waals surface area contributed by atoms with Crippen LogP contribution in [0.3, 0.4) is 0 Å². The fourth-order valence-electron chi connectivity index (χ4n) is 3.00. The van der Waals surface area contributed by atoms with Crippen molar-refractivity contribution in [2.24, 2.45) is 0 Å². The van der Waals surface area contributed by atoms with Crippen molar-refractivity contribution in [2.75, 3.05) is 0 Å². The predicted octanol–water partition coefficient (Wildman–Crippen LogP) is 3.25. The fourth-order valence-corrected chi connectivity index (χ4v) is 3.00. The van der Waals surface area contributed by atoms with Gasteiger partial charge in [-0.05, 0) is 65.0 Å². The molecule has 0 aliphatic heterocycles. The first kappa shape index (κ1) is 19.4. The summed E-state index contributed by atoms with van der Waals surface area (Å²) < 4.78 is 7.05. The molecule has 7 nitrogen and oxygen atoms in total. The molecule has 0 saturated heterocycles. The normalized spacial score (nSPS) is 10.8. The minimum atomic E-state index is -0.400. The van der Waals surface area contributed by atoms with Crippen LogP contribution in [-0.2, 0) is 11.2 Å². The molecule has 0 fully saturated rings. The zero-order valence-corrected chi connectivity index (χ0v) is 16.6. The molecule has 0 spiro atoms. The second-order valence-electron chi connectivity index (χ2n) is 6.74. The van der Waals surface area contributed by atoms with Gasteiger partial charge in [0.15, 0.2) is 5.78 Å². The lowest BCUT2D eigenvalue weighted by atomic mass is 10.1. The van der Waals surface area contributed by atoms with Crippen LogP contribution in [0.4, 0.5) is 0 Å². The molecule has 2 heterocycles. The van der Waals surface area contributed by atoms with Crippen molar-refractivity contribution in [2.45, 2.75) is 41.0 Å². The molecule has 0 unspecified atom stereocenters. The van der Waals surface area contributed by atoms with Gasteiger partial charge in [-0.3, -0.25) is 9.59 Å². The van der Waals surface area contributed by atoms with Crippen molar-refractivity contribution in [1.29, 1.82) is 0 Å². The van der Waals surface area contributed by atoms with Gasteiger partial charge in [0, 0.05) is 28.2 Å². The molecule has 0 amide bonds. The molecule has 0 bridgehead atoms. The number of Topliss-reactive ketones (excluding diaryl/α,β-unsaturated/α-hetero) is 1. The van der Waals surface area contributed by atoms with Crippen molar-refractivity contribution in [3.63, 3.8) is 0 Å². The summed E-state index contributed by atoms with van der Waals surface area (Å²) in [7, 11) is 0. The van der Waals surface area contributed by atoms with E-state index >= 15 is 0 Å². The summed E-state index contributed by atoms with van der Waals surface area (Å²) in [4.78, 5) is 32.6.